The van der Waals surface area contributed by atoms with Gasteiger partial charge in [-0.1, -0.05) is 6.42 Å². The second-order valence-electron chi connectivity index (χ2n) is 4.54. The number of carbonyl (C=O) groups is 3. The Kier molecular flexibility index (Phi) is 3.42. The first kappa shape index (κ1) is 12.0. The van der Waals surface area contributed by atoms with Crippen LogP contribution in [0, 0.1) is 0 Å². The first-order valence-electron chi connectivity index (χ1n) is 5.98. The average Bonchev–Trinajstić information content (AvgIpc) is 2.54. The molecule has 1 atom stereocenters. The summed E-state index contributed by atoms with van der Waals surface area (Å²) in [5.41, 5.74) is 0. The quantitative estimate of drug-likeness (QED) is 0.553. The molecule has 2 aliphatic heterocycles. The summed E-state index contributed by atoms with van der Waals surface area (Å²) in [5.74, 6) is -1.43. The molecule has 94 valence electrons. The molecular weight excluding hydrogens is 222 g/mol. The van der Waals surface area contributed by atoms with Crippen molar-refractivity contribution in [3.05, 3.63) is 0 Å². The Morgan fingerprint density at radius 1 is 1.24 bits per heavy atom. The lowest BCUT2D eigenvalue weighted by Crippen LogP contribution is -2.39. The van der Waals surface area contributed by atoms with E-state index in [1.807, 2.05) is 0 Å². The molecule has 2 aliphatic rings. The second-order valence-corrected chi connectivity index (χ2v) is 4.54. The highest BCUT2D eigenvalue weighted by Crippen LogP contribution is 2.14. The molecule has 6 nitrogen and oxygen atoms in total. The number of hydrogen-bond acceptors (Lipinski definition) is 4. The van der Waals surface area contributed by atoms with E-state index in [2.05, 4.69) is 5.32 Å². The number of likely N-dealkylation sites (N-methyl/N-ethyl adjacent to an activating group) is 1. The monoisotopic (exact) mass is 239 g/mol. The van der Waals surface area contributed by atoms with Crippen molar-refractivity contribution in [2.45, 2.75) is 31.7 Å². The number of hydrogen-bond donors (Lipinski definition) is 1. The van der Waals surface area contributed by atoms with Crippen LogP contribution in [0.4, 0.5) is 4.79 Å². The van der Waals surface area contributed by atoms with Crippen molar-refractivity contribution in [1.82, 2.24) is 15.1 Å². The smallest absolute Gasteiger partial charge is 0.314 e. The molecule has 2 rings (SSSR count). The van der Waals surface area contributed by atoms with Gasteiger partial charge in [0, 0.05) is 19.6 Å². The molecule has 2 saturated heterocycles. The minimum atomic E-state index is -0.730. The zero-order valence-corrected chi connectivity index (χ0v) is 9.94. The van der Waals surface area contributed by atoms with E-state index in [0.717, 1.165) is 29.2 Å². The van der Waals surface area contributed by atoms with Crippen LogP contribution >= 0.6 is 0 Å². The fourth-order valence-electron chi connectivity index (χ4n) is 2.27. The predicted molar refractivity (Wildman–Crippen MR) is 60.1 cm³/mol. The molecule has 0 aromatic carbocycles. The van der Waals surface area contributed by atoms with E-state index >= 15 is 0 Å². The number of imide groups is 2. The molecular formula is C11H17N3O3. The minimum absolute atomic E-state index is 0.325. The Morgan fingerprint density at radius 2 is 2.00 bits per heavy atom. The Hall–Kier alpha value is -1.43. The molecule has 1 N–H and O–H groups in total. The van der Waals surface area contributed by atoms with Crippen molar-refractivity contribution in [2.75, 3.05) is 20.1 Å². The maximum Gasteiger partial charge on any atom is 0.333 e. The van der Waals surface area contributed by atoms with Crippen LogP contribution in [0.15, 0.2) is 0 Å². The molecule has 0 aromatic heterocycles. The number of carbonyl (C=O) groups excluding carboxylic acids is 3. The van der Waals surface area contributed by atoms with Crippen LogP contribution in [0.2, 0.25) is 0 Å². The molecule has 6 heteroatoms. The molecule has 2 heterocycles. The normalized spacial score (nSPS) is 25.9. The standard InChI is InChI=1S/C11H17N3O3/c1-13-9(15)10(16)14(11(13)17)7-5-8-4-2-3-6-12-8/h8,12H,2-7H2,1H3. The van der Waals surface area contributed by atoms with Crippen LogP contribution in [0.25, 0.3) is 0 Å². The van der Waals surface area contributed by atoms with Crippen LogP contribution in [0.3, 0.4) is 0 Å². The Morgan fingerprint density at radius 3 is 2.53 bits per heavy atom. The third-order valence-corrected chi connectivity index (χ3v) is 3.36. The highest BCUT2D eigenvalue weighted by molar-refractivity contribution is 6.44. The molecule has 0 saturated carbocycles. The van der Waals surface area contributed by atoms with Gasteiger partial charge in [-0.15, -0.1) is 0 Å². The SMILES string of the molecule is CN1C(=O)C(=O)N(CCC2CCCCN2)C1=O. The zero-order chi connectivity index (χ0) is 12.4. The lowest BCUT2D eigenvalue weighted by Gasteiger charge is -2.24. The summed E-state index contributed by atoms with van der Waals surface area (Å²) in [6.45, 7) is 1.32. The Balaban J connectivity index is 1.88. The van der Waals surface area contributed by atoms with Gasteiger partial charge in [0.1, 0.15) is 0 Å². The van der Waals surface area contributed by atoms with E-state index in [1.165, 1.54) is 19.9 Å². The second kappa shape index (κ2) is 4.83. The third-order valence-electron chi connectivity index (χ3n) is 3.36. The number of piperidine rings is 1. The van der Waals surface area contributed by atoms with Gasteiger partial charge in [0.2, 0.25) is 0 Å². The Labute approximate surface area is 99.9 Å². The van der Waals surface area contributed by atoms with Gasteiger partial charge >= 0.3 is 17.8 Å². The number of nitrogens with one attached hydrogen (secondary N) is 1. The van der Waals surface area contributed by atoms with Crippen molar-refractivity contribution in [1.29, 1.82) is 0 Å². The molecule has 0 aromatic rings. The summed E-state index contributed by atoms with van der Waals surface area (Å²) < 4.78 is 0. The first-order valence-corrected chi connectivity index (χ1v) is 5.98. The molecule has 0 aliphatic carbocycles. The van der Waals surface area contributed by atoms with E-state index in [-0.39, 0.29) is 0 Å². The van der Waals surface area contributed by atoms with Gasteiger partial charge in [-0.2, -0.15) is 0 Å². The Bertz CT molecular complexity index is 350. The summed E-state index contributed by atoms with van der Waals surface area (Å²) in [7, 11) is 1.33. The molecule has 0 spiro atoms. The maximum atomic E-state index is 11.6. The van der Waals surface area contributed by atoms with Crippen molar-refractivity contribution in [3.8, 4) is 0 Å². The van der Waals surface area contributed by atoms with Crippen molar-refractivity contribution in [3.63, 3.8) is 0 Å². The van der Waals surface area contributed by atoms with Crippen molar-refractivity contribution < 1.29 is 14.4 Å². The zero-order valence-electron chi connectivity index (χ0n) is 9.94. The summed E-state index contributed by atoms with van der Waals surface area (Å²) in [4.78, 5) is 36.3. The van der Waals surface area contributed by atoms with Crippen LogP contribution in [0.1, 0.15) is 25.7 Å². The molecule has 2 fully saturated rings. The first-order chi connectivity index (χ1) is 8.11. The van der Waals surface area contributed by atoms with Gasteiger partial charge in [0.25, 0.3) is 0 Å². The summed E-state index contributed by atoms with van der Waals surface area (Å²) in [6.07, 6.45) is 4.15. The largest absolute Gasteiger partial charge is 0.333 e. The van der Waals surface area contributed by atoms with E-state index in [4.69, 9.17) is 0 Å². The molecule has 1 unspecified atom stereocenters. The molecule has 0 bridgehead atoms. The van der Waals surface area contributed by atoms with Gasteiger partial charge in [0.15, 0.2) is 0 Å². The van der Waals surface area contributed by atoms with E-state index < -0.39 is 17.8 Å². The fraction of sp³-hybridized carbons (Fsp3) is 0.727. The van der Waals surface area contributed by atoms with Crippen LogP contribution in [-0.4, -0.2) is 53.8 Å². The molecule has 17 heavy (non-hydrogen) atoms. The van der Waals surface area contributed by atoms with E-state index in [0.29, 0.717) is 12.6 Å². The fourth-order valence-corrected chi connectivity index (χ4v) is 2.27. The van der Waals surface area contributed by atoms with Crippen molar-refractivity contribution >= 4 is 17.8 Å². The van der Waals surface area contributed by atoms with Crippen LogP contribution in [-0.2, 0) is 9.59 Å². The third kappa shape index (κ3) is 2.31. The van der Waals surface area contributed by atoms with Gasteiger partial charge < -0.3 is 5.32 Å². The lowest BCUT2D eigenvalue weighted by atomic mass is 10.0. The number of rotatable bonds is 3. The summed E-state index contributed by atoms with van der Waals surface area (Å²) in [5, 5.41) is 3.35. The lowest BCUT2D eigenvalue weighted by molar-refractivity contribution is -0.142. The van der Waals surface area contributed by atoms with E-state index in [9.17, 15) is 14.4 Å². The van der Waals surface area contributed by atoms with Gasteiger partial charge in [-0.3, -0.25) is 19.4 Å². The highest BCUT2D eigenvalue weighted by Gasteiger charge is 2.41. The maximum absolute atomic E-state index is 11.6. The van der Waals surface area contributed by atoms with Gasteiger partial charge in [-0.05, 0) is 25.8 Å². The summed E-state index contributed by atoms with van der Waals surface area (Å²) in [6, 6.07) is -0.152. The van der Waals surface area contributed by atoms with Crippen LogP contribution < -0.4 is 5.32 Å². The highest BCUT2D eigenvalue weighted by atomic mass is 16.2. The number of amides is 4. The summed E-state index contributed by atoms with van der Waals surface area (Å²) >= 11 is 0. The number of nitrogens with zero attached hydrogens (tertiary/aromatic N) is 2. The molecule has 0 radical (unpaired) electrons. The molecule has 4 amide bonds. The topological polar surface area (TPSA) is 69.7 Å². The number of urea groups is 1. The predicted octanol–water partition coefficient (Wildman–Crippen LogP) is -0.0608. The average molecular weight is 239 g/mol. The van der Waals surface area contributed by atoms with Gasteiger partial charge in [0.05, 0.1) is 0 Å². The van der Waals surface area contributed by atoms with E-state index in [1.54, 1.807) is 0 Å². The van der Waals surface area contributed by atoms with Crippen molar-refractivity contribution in [2.24, 2.45) is 0 Å². The van der Waals surface area contributed by atoms with Gasteiger partial charge in [-0.25, -0.2) is 4.79 Å². The van der Waals surface area contributed by atoms with Crippen LogP contribution in [0.5, 0.6) is 0 Å². The minimum Gasteiger partial charge on any atom is -0.314 e.